The minimum Gasteiger partial charge on any atom is -0.488 e. The molecule has 0 fully saturated rings. The van der Waals surface area contributed by atoms with Crippen molar-refractivity contribution in [1.29, 1.82) is 0 Å². The van der Waals surface area contributed by atoms with E-state index in [2.05, 4.69) is 54.7 Å². The van der Waals surface area contributed by atoms with Crippen LogP contribution in [-0.2, 0) is 0 Å². The highest BCUT2D eigenvalue weighted by Crippen LogP contribution is 2.41. The molecule has 0 spiro atoms. The number of halogens is 1. The van der Waals surface area contributed by atoms with Gasteiger partial charge < -0.3 is 14.8 Å². The van der Waals surface area contributed by atoms with E-state index in [1.54, 1.807) is 0 Å². The van der Waals surface area contributed by atoms with Crippen LogP contribution in [0.1, 0.15) is 45.2 Å². The lowest BCUT2D eigenvalue weighted by Crippen LogP contribution is -2.39. The van der Waals surface area contributed by atoms with Crippen molar-refractivity contribution < 1.29 is 9.47 Å². The lowest BCUT2D eigenvalue weighted by Gasteiger charge is -2.38. The standard InChI is InChI=1S/C17H24BrNO2/c1-5-8-19-15-10-17(3,4)21-16-9-13(6-7-14(15)16)20-11-12(2)18/h6-7,9,15,19H,2,5,8,10-11H2,1,3-4H3. The largest absolute Gasteiger partial charge is 0.488 e. The minimum absolute atomic E-state index is 0.171. The molecular weight excluding hydrogens is 330 g/mol. The van der Waals surface area contributed by atoms with E-state index >= 15 is 0 Å². The molecular formula is C17H24BrNO2. The lowest BCUT2D eigenvalue weighted by atomic mass is 9.89. The summed E-state index contributed by atoms with van der Waals surface area (Å²) in [7, 11) is 0. The zero-order valence-corrected chi connectivity index (χ0v) is 14.6. The first-order valence-electron chi connectivity index (χ1n) is 7.43. The van der Waals surface area contributed by atoms with Gasteiger partial charge in [-0.25, -0.2) is 0 Å². The van der Waals surface area contributed by atoms with Crippen molar-refractivity contribution in [2.24, 2.45) is 0 Å². The second kappa shape index (κ2) is 6.84. The van der Waals surface area contributed by atoms with E-state index in [1.807, 2.05) is 12.1 Å². The van der Waals surface area contributed by atoms with Crippen molar-refractivity contribution in [3.05, 3.63) is 34.8 Å². The van der Waals surface area contributed by atoms with Crippen LogP contribution in [0.4, 0.5) is 0 Å². The third-order valence-corrected chi connectivity index (χ3v) is 3.71. The average molecular weight is 354 g/mol. The summed E-state index contributed by atoms with van der Waals surface area (Å²) in [5.41, 5.74) is 1.04. The zero-order valence-electron chi connectivity index (χ0n) is 13.0. The first-order valence-corrected chi connectivity index (χ1v) is 8.23. The Morgan fingerprint density at radius 2 is 2.29 bits per heavy atom. The molecule has 0 radical (unpaired) electrons. The highest BCUT2D eigenvalue weighted by atomic mass is 79.9. The predicted molar refractivity (Wildman–Crippen MR) is 90.4 cm³/mol. The van der Waals surface area contributed by atoms with Crippen molar-refractivity contribution in [3.63, 3.8) is 0 Å². The van der Waals surface area contributed by atoms with Crippen molar-refractivity contribution in [1.82, 2.24) is 5.32 Å². The maximum absolute atomic E-state index is 6.12. The number of benzene rings is 1. The van der Waals surface area contributed by atoms with Crippen LogP contribution in [0.5, 0.6) is 11.5 Å². The van der Waals surface area contributed by atoms with Crippen LogP contribution in [0.3, 0.4) is 0 Å². The maximum atomic E-state index is 6.12. The Morgan fingerprint density at radius 3 is 2.95 bits per heavy atom. The van der Waals surface area contributed by atoms with Gasteiger partial charge in [0.25, 0.3) is 0 Å². The molecule has 1 atom stereocenters. The van der Waals surface area contributed by atoms with Gasteiger partial charge in [-0.15, -0.1) is 0 Å². The monoisotopic (exact) mass is 353 g/mol. The average Bonchev–Trinajstić information content (AvgIpc) is 2.40. The van der Waals surface area contributed by atoms with Gasteiger partial charge in [-0.05, 0) is 32.9 Å². The molecule has 2 rings (SSSR count). The molecule has 0 aliphatic carbocycles. The molecule has 1 aliphatic heterocycles. The molecule has 0 bridgehead atoms. The van der Waals surface area contributed by atoms with Crippen LogP contribution in [0.25, 0.3) is 0 Å². The number of rotatable bonds is 6. The van der Waals surface area contributed by atoms with Gasteiger partial charge in [0.05, 0.1) is 0 Å². The van der Waals surface area contributed by atoms with Gasteiger partial charge in [0.1, 0.15) is 23.7 Å². The van der Waals surface area contributed by atoms with Gasteiger partial charge in [0.2, 0.25) is 0 Å². The van der Waals surface area contributed by atoms with Crippen molar-refractivity contribution in [3.8, 4) is 11.5 Å². The van der Waals surface area contributed by atoms with E-state index in [0.29, 0.717) is 12.6 Å². The lowest BCUT2D eigenvalue weighted by molar-refractivity contribution is 0.0658. The maximum Gasteiger partial charge on any atom is 0.128 e. The Balaban J connectivity index is 2.21. The molecule has 21 heavy (non-hydrogen) atoms. The summed E-state index contributed by atoms with van der Waals surface area (Å²) >= 11 is 3.30. The van der Waals surface area contributed by atoms with Crippen LogP contribution in [-0.4, -0.2) is 18.8 Å². The summed E-state index contributed by atoms with van der Waals surface area (Å²) in [5, 5.41) is 3.61. The molecule has 3 nitrogen and oxygen atoms in total. The predicted octanol–water partition coefficient (Wildman–Crippen LogP) is 4.58. The molecule has 4 heteroatoms. The van der Waals surface area contributed by atoms with Crippen LogP contribution >= 0.6 is 15.9 Å². The fourth-order valence-electron chi connectivity index (χ4n) is 2.58. The molecule has 1 aromatic carbocycles. The quantitative estimate of drug-likeness (QED) is 0.811. The van der Waals surface area contributed by atoms with E-state index in [-0.39, 0.29) is 5.60 Å². The molecule has 1 heterocycles. The number of ether oxygens (including phenoxy) is 2. The van der Waals surface area contributed by atoms with Gasteiger partial charge >= 0.3 is 0 Å². The molecule has 1 aliphatic rings. The molecule has 1 aromatic rings. The molecule has 0 aromatic heterocycles. The molecule has 0 amide bonds. The normalized spacial score (nSPS) is 19.5. The van der Waals surface area contributed by atoms with E-state index in [1.165, 1.54) is 5.56 Å². The third kappa shape index (κ3) is 4.48. The van der Waals surface area contributed by atoms with Gasteiger partial charge in [0, 0.05) is 28.6 Å². The van der Waals surface area contributed by atoms with E-state index in [0.717, 1.165) is 35.4 Å². The van der Waals surface area contributed by atoms with Crippen LogP contribution in [0.15, 0.2) is 29.3 Å². The molecule has 0 saturated carbocycles. The first kappa shape index (κ1) is 16.4. The smallest absolute Gasteiger partial charge is 0.128 e. The Kier molecular flexibility index (Phi) is 5.33. The fraction of sp³-hybridized carbons (Fsp3) is 0.529. The fourth-order valence-corrected chi connectivity index (χ4v) is 2.70. The number of nitrogens with one attached hydrogen (secondary N) is 1. The Labute approximate surface area is 135 Å². The summed E-state index contributed by atoms with van der Waals surface area (Å²) < 4.78 is 12.6. The molecule has 1 N–H and O–H groups in total. The van der Waals surface area contributed by atoms with E-state index in [4.69, 9.17) is 9.47 Å². The zero-order chi connectivity index (χ0) is 15.5. The van der Waals surface area contributed by atoms with Gasteiger partial charge in [0.15, 0.2) is 0 Å². The second-order valence-corrected chi connectivity index (χ2v) is 7.20. The number of hydrogen-bond acceptors (Lipinski definition) is 3. The van der Waals surface area contributed by atoms with Crippen LogP contribution in [0, 0.1) is 0 Å². The number of fused-ring (bicyclic) bond motifs is 1. The van der Waals surface area contributed by atoms with Crippen LogP contribution in [0.2, 0.25) is 0 Å². The molecule has 116 valence electrons. The summed E-state index contributed by atoms with van der Waals surface area (Å²) in [6.45, 7) is 11.7. The highest BCUT2D eigenvalue weighted by Gasteiger charge is 2.33. The van der Waals surface area contributed by atoms with E-state index < -0.39 is 0 Å². The summed E-state index contributed by atoms with van der Waals surface area (Å²) in [6, 6.07) is 6.41. The topological polar surface area (TPSA) is 30.5 Å². The molecule has 0 saturated heterocycles. The van der Waals surface area contributed by atoms with Gasteiger partial charge in [-0.1, -0.05) is 35.5 Å². The van der Waals surface area contributed by atoms with Gasteiger partial charge in [-0.3, -0.25) is 0 Å². The molecule has 1 unspecified atom stereocenters. The number of hydrogen-bond donors (Lipinski definition) is 1. The summed E-state index contributed by atoms with van der Waals surface area (Å²) in [4.78, 5) is 0. The third-order valence-electron chi connectivity index (χ3n) is 3.48. The SMILES string of the molecule is C=C(Br)COc1ccc2c(c1)OC(C)(C)CC2NCCC. The Bertz CT molecular complexity index is 514. The first-order chi connectivity index (χ1) is 9.91. The summed E-state index contributed by atoms with van der Waals surface area (Å²) in [5.74, 6) is 1.72. The van der Waals surface area contributed by atoms with Crippen molar-refractivity contribution in [2.45, 2.75) is 45.3 Å². The van der Waals surface area contributed by atoms with Crippen molar-refractivity contribution in [2.75, 3.05) is 13.2 Å². The minimum atomic E-state index is -0.171. The van der Waals surface area contributed by atoms with Crippen molar-refractivity contribution >= 4 is 15.9 Å². The summed E-state index contributed by atoms with van der Waals surface area (Å²) in [6.07, 6.45) is 2.10. The second-order valence-electron chi connectivity index (χ2n) is 6.08. The van der Waals surface area contributed by atoms with Gasteiger partial charge in [-0.2, -0.15) is 0 Å². The Morgan fingerprint density at radius 1 is 1.52 bits per heavy atom. The Hall–Kier alpha value is -1.00. The highest BCUT2D eigenvalue weighted by molar-refractivity contribution is 9.11. The van der Waals surface area contributed by atoms with Crippen LogP contribution < -0.4 is 14.8 Å². The van der Waals surface area contributed by atoms with E-state index in [9.17, 15) is 0 Å².